The number of benzene rings is 1. The van der Waals surface area contributed by atoms with E-state index in [9.17, 15) is 9.59 Å². The van der Waals surface area contributed by atoms with E-state index in [0.717, 1.165) is 31.6 Å². The molecule has 0 saturated heterocycles. The minimum atomic E-state index is -0.233. The topological polar surface area (TPSA) is 62.3 Å². The molecule has 0 unspecified atom stereocenters. The van der Waals surface area contributed by atoms with Crippen LogP contribution in [-0.4, -0.2) is 29.8 Å². The number of carbonyl (C=O) groups excluding carboxylic acids is 2. The van der Waals surface area contributed by atoms with Crippen molar-refractivity contribution in [1.29, 1.82) is 0 Å². The molecule has 25 heavy (non-hydrogen) atoms. The number of pyridine rings is 1. The number of aromatic nitrogens is 1. The normalized spacial score (nSPS) is 10.4. The first-order valence-electron chi connectivity index (χ1n) is 8.67. The van der Waals surface area contributed by atoms with Gasteiger partial charge >= 0.3 is 0 Å². The maximum absolute atomic E-state index is 12.5. The van der Waals surface area contributed by atoms with Crippen LogP contribution in [0.4, 0.5) is 11.4 Å². The molecule has 1 aromatic heterocycles. The Balaban J connectivity index is 2.18. The van der Waals surface area contributed by atoms with Gasteiger partial charge in [-0.3, -0.25) is 14.6 Å². The minimum Gasteiger partial charge on any atom is -0.370 e. The SMILES string of the molecule is CCCN(CCC)c1cncc(C(=O)Nc2cccc(C(C)=O)c2)c1. The van der Waals surface area contributed by atoms with Gasteiger partial charge in [-0.15, -0.1) is 0 Å². The number of hydrogen-bond acceptors (Lipinski definition) is 4. The van der Waals surface area contributed by atoms with Gasteiger partial charge in [0.15, 0.2) is 5.78 Å². The zero-order chi connectivity index (χ0) is 18.2. The first kappa shape index (κ1) is 18.6. The van der Waals surface area contributed by atoms with Gasteiger partial charge in [0.1, 0.15) is 0 Å². The van der Waals surface area contributed by atoms with Crippen LogP contribution < -0.4 is 10.2 Å². The highest BCUT2D eigenvalue weighted by Gasteiger charge is 2.11. The fraction of sp³-hybridized carbons (Fsp3) is 0.350. The monoisotopic (exact) mass is 339 g/mol. The molecule has 1 aromatic carbocycles. The summed E-state index contributed by atoms with van der Waals surface area (Å²) in [6, 6.07) is 8.79. The second-order valence-corrected chi connectivity index (χ2v) is 6.01. The van der Waals surface area contributed by atoms with E-state index in [4.69, 9.17) is 0 Å². The van der Waals surface area contributed by atoms with Crippen LogP contribution in [0.3, 0.4) is 0 Å². The zero-order valence-electron chi connectivity index (χ0n) is 15.1. The molecule has 2 aromatic rings. The lowest BCUT2D eigenvalue weighted by molar-refractivity contribution is 0.101. The number of rotatable bonds is 8. The average molecular weight is 339 g/mol. The largest absolute Gasteiger partial charge is 0.370 e. The Labute approximate surface area is 149 Å². The smallest absolute Gasteiger partial charge is 0.257 e. The Kier molecular flexibility index (Phi) is 6.69. The summed E-state index contributed by atoms with van der Waals surface area (Å²) >= 11 is 0. The summed E-state index contributed by atoms with van der Waals surface area (Å²) in [5.41, 5.74) is 2.63. The van der Waals surface area contributed by atoms with Crippen molar-refractivity contribution in [1.82, 2.24) is 4.98 Å². The summed E-state index contributed by atoms with van der Waals surface area (Å²) in [6.07, 6.45) is 5.42. The Hall–Kier alpha value is -2.69. The summed E-state index contributed by atoms with van der Waals surface area (Å²) in [7, 11) is 0. The molecule has 1 amide bonds. The summed E-state index contributed by atoms with van der Waals surface area (Å²) in [5.74, 6) is -0.266. The van der Waals surface area contributed by atoms with Gasteiger partial charge in [0.25, 0.3) is 5.91 Å². The molecular weight excluding hydrogens is 314 g/mol. The first-order chi connectivity index (χ1) is 12.0. The molecule has 5 heteroatoms. The molecule has 0 fully saturated rings. The maximum Gasteiger partial charge on any atom is 0.257 e. The van der Waals surface area contributed by atoms with E-state index >= 15 is 0 Å². The highest BCUT2D eigenvalue weighted by molar-refractivity contribution is 6.05. The zero-order valence-corrected chi connectivity index (χ0v) is 15.1. The van der Waals surface area contributed by atoms with Crippen LogP contribution in [0.1, 0.15) is 54.3 Å². The van der Waals surface area contributed by atoms with E-state index in [1.165, 1.54) is 6.92 Å². The molecular formula is C20H25N3O2. The van der Waals surface area contributed by atoms with Crippen LogP contribution in [0.25, 0.3) is 0 Å². The van der Waals surface area contributed by atoms with E-state index in [1.54, 1.807) is 36.7 Å². The predicted molar refractivity (Wildman–Crippen MR) is 101 cm³/mol. The van der Waals surface area contributed by atoms with Crippen molar-refractivity contribution in [3.8, 4) is 0 Å². The van der Waals surface area contributed by atoms with Crippen LogP contribution in [0.2, 0.25) is 0 Å². The van der Waals surface area contributed by atoms with Crippen LogP contribution in [-0.2, 0) is 0 Å². The molecule has 1 N–H and O–H groups in total. The number of anilines is 2. The Morgan fingerprint density at radius 3 is 2.40 bits per heavy atom. The number of nitrogens with one attached hydrogen (secondary N) is 1. The van der Waals surface area contributed by atoms with Gasteiger partial charge in [-0.05, 0) is 38.0 Å². The highest BCUT2D eigenvalue weighted by atomic mass is 16.1. The van der Waals surface area contributed by atoms with Crippen LogP contribution in [0.5, 0.6) is 0 Å². The second kappa shape index (κ2) is 8.97. The lowest BCUT2D eigenvalue weighted by atomic mass is 10.1. The van der Waals surface area contributed by atoms with Gasteiger partial charge in [-0.2, -0.15) is 0 Å². The molecule has 0 saturated carbocycles. The number of nitrogens with zero attached hydrogens (tertiary/aromatic N) is 2. The molecule has 0 bridgehead atoms. The number of hydrogen-bond donors (Lipinski definition) is 1. The molecule has 0 aliphatic heterocycles. The van der Waals surface area contributed by atoms with Crippen molar-refractivity contribution in [2.75, 3.05) is 23.3 Å². The van der Waals surface area contributed by atoms with E-state index < -0.39 is 0 Å². The Bertz CT molecular complexity index is 737. The van der Waals surface area contributed by atoms with Gasteiger partial charge in [0.2, 0.25) is 0 Å². The minimum absolute atomic E-state index is 0.0328. The fourth-order valence-corrected chi connectivity index (χ4v) is 2.65. The van der Waals surface area contributed by atoms with Crippen molar-refractivity contribution >= 4 is 23.1 Å². The summed E-state index contributed by atoms with van der Waals surface area (Å²) in [5, 5.41) is 2.83. The molecule has 0 spiro atoms. The standard InChI is InChI=1S/C20H25N3O2/c1-4-9-23(10-5-2)19-12-17(13-21-14-19)20(25)22-18-8-6-7-16(11-18)15(3)24/h6-8,11-14H,4-5,9-10H2,1-3H3,(H,22,25). The average Bonchev–Trinajstić information content (AvgIpc) is 2.62. The van der Waals surface area contributed by atoms with Crippen molar-refractivity contribution in [3.63, 3.8) is 0 Å². The quantitative estimate of drug-likeness (QED) is 0.734. The number of amides is 1. The number of Topliss-reactive ketones (excluding diaryl/α,β-unsaturated/α-hetero) is 1. The van der Waals surface area contributed by atoms with E-state index in [0.29, 0.717) is 16.8 Å². The van der Waals surface area contributed by atoms with Gasteiger partial charge in [-0.25, -0.2) is 0 Å². The van der Waals surface area contributed by atoms with Crippen molar-refractivity contribution in [2.45, 2.75) is 33.6 Å². The fourth-order valence-electron chi connectivity index (χ4n) is 2.65. The molecule has 2 rings (SSSR count). The van der Waals surface area contributed by atoms with Gasteiger partial charge in [-0.1, -0.05) is 26.0 Å². The van der Waals surface area contributed by atoms with E-state index in [2.05, 4.69) is 29.0 Å². The first-order valence-corrected chi connectivity index (χ1v) is 8.67. The molecule has 0 aliphatic rings. The Morgan fingerprint density at radius 2 is 1.76 bits per heavy atom. The third-order valence-corrected chi connectivity index (χ3v) is 3.87. The van der Waals surface area contributed by atoms with Gasteiger partial charge in [0, 0.05) is 30.5 Å². The van der Waals surface area contributed by atoms with Crippen LogP contribution in [0.15, 0.2) is 42.7 Å². The van der Waals surface area contributed by atoms with Crippen LogP contribution in [0, 0.1) is 0 Å². The Morgan fingerprint density at radius 1 is 1.04 bits per heavy atom. The lowest BCUT2D eigenvalue weighted by Crippen LogP contribution is -2.25. The second-order valence-electron chi connectivity index (χ2n) is 6.01. The summed E-state index contributed by atoms with van der Waals surface area (Å²) in [6.45, 7) is 7.64. The van der Waals surface area contributed by atoms with E-state index in [-0.39, 0.29) is 11.7 Å². The molecule has 5 nitrogen and oxygen atoms in total. The highest BCUT2D eigenvalue weighted by Crippen LogP contribution is 2.17. The van der Waals surface area contributed by atoms with Crippen LogP contribution >= 0.6 is 0 Å². The third kappa shape index (κ3) is 5.14. The molecule has 0 aliphatic carbocycles. The van der Waals surface area contributed by atoms with Crippen molar-refractivity contribution < 1.29 is 9.59 Å². The van der Waals surface area contributed by atoms with Crippen molar-refractivity contribution in [2.24, 2.45) is 0 Å². The predicted octanol–water partition coefficient (Wildman–Crippen LogP) is 4.16. The lowest BCUT2D eigenvalue weighted by Gasteiger charge is -2.23. The summed E-state index contributed by atoms with van der Waals surface area (Å²) in [4.78, 5) is 30.5. The molecule has 132 valence electrons. The number of ketones is 1. The summed E-state index contributed by atoms with van der Waals surface area (Å²) < 4.78 is 0. The molecule has 0 radical (unpaired) electrons. The maximum atomic E-state index is 12.5. The van der Waals surface area contributed by atoms with E-state index in [1.807, 2.05) is 6.07 Å². The molecule has 0 atom stereocenters. The molecule has 1 heterocycles. The third-order valence-electron chi connectivity index (χ3n) is 3.87. The number of carbonyl (C=O) groups is 2. The van der Waals surface area contributed by atoms with Crippen molar-refractivity contribution in [3.05, 3.63) is 53.9 Å². The van der Waals surface area contributed by atoms with Gasteiger partial charge < -0.3 is 10.2 Å². The van der Waals surface area contributed by atoms with Gasteiger partial charge in [0.05, 0.1) is 17.4 Å².